The largest absolute Gasteiger partial charge is 0.399 e. The minimum Gasteiger partial charge on any atom is -0.399 e. The van der Waals surface area contributed by atoms with Gasteiger partial charge in [-0.25, -0.2) is 9.97 Å². The predicted octanol–water partition coefficient (Wildman–Crippen LogP) is 3.48. The van der Waals surface area contributed by atoms with E-state index in [2.05, 4.69) is 15.3 Å². The standard InChI is InChI=1S/C15H10ClN5/c16-12-5-9(7-17)1-3-14(12)21-15-11-6-10(18)2-4-13(11)19-8-20-15/h1-6,8H,18H2,(H,19,20,21). The number of hydrogen-bond acceptors (Lipinski definition) is 5. The summed E-state index contributed by atoms with van der Waals surface area (Å²) in [6, 6.07) is 12.5. The van der Waals surface area contributed by atoms with Gasteiger partial charge in [-0.05, 0) is 36.4 Å². The number of fused-ring (bicyclic) bond motifs is 1. The molecule has 21 heavy (non-hydrogen) atoms. The van der Waals surface area contributed by atoms with Crippen LogP contribution in [0, 0.1) is 11.3 Å². The number of nitrogens with one attached hydrogen (secondary N) is 1. The maximum absolute atomic E-state index is 8.85. The summed E-state index contributed by atoms with van der Waals surface area (Å²) in [6.07, 6.45) is 1.47. The molecule has 5 nitrogen and oxygen atoms in total. The quantitative estimate of drug-likeness (QED) is 0.707. The highest BCUT2D eigenvalue weighted by molar-refractivity contribution is 6.33. The van der Waals surface area contributed by atoms with Gasteiger partial charge in [0.15, 0.2) is 0 Å². The van der Waals surface area contributed by atoms with E-state index in [0.29, 0.717) is 27.8 Å². The number of rotatable bonds is 2. The number of hydrogen-bond donors (Lipinski definition) is 2. The van der Waals surface area contributed by atoms with Crippen molar-refractivity contribution in [3.05, 3.63) is 53.3 Å². The highest BCUT2D eigenvalue weighted by atomic mass is 35.5. The van der Waals surface area contributed by atoms with Gasteiger partial charge in [0.25, 0.3) is 0 Å². The molecule has 0 saturated carbocycles. The third-order valence-corrected chi connectivity index (χ3v) is 3.32. The third kappa shape index (κ3) is 2.57. The number of nitriles is 1. The van der Waals surface area contributed by atoms with Crippen LogP contribution >= 0.6 is 11.6 Å². The van der Waals surface area contributed by atoms with Crippen LogP contribution in [-0.4, -0.2) is 9.97 Å². The Balaban J connectivity index is 2.06. The molecule has 0 fully saturated rings. The number of benzene rings is 2. The fourth-order valence-electron chi connectivity index (χ4n) is 1.99. The first-order valence-electron chi connectivity index (χ1n) is 6.14. The average Bonchev–Trinajstić information content (AvgIpc) is 2.49. The summed E-state index contributed by atoms with van der Waals surface area (Å²) in [4.78, 5) is 8.42. The summed E-state index contributed by atoms with van der Waals surface area (Å²) in [6.45, 7) is 0. The molecular weight excluding hydrogens is 286 g/mol. The van der Waals surface area contributed by atoms with E-state index >= 15 is 0 Å². The van der Waals surface area contributed by atoms with Gasteiger partial charge in [0.1, 0.15) is 12.1 Å². The zero-order valence-corrected chi connectivity index (χ0v) is 11.6. The van der Waals surface area contributed by atoms with Crippen molar-refractivity contribution in [2.24, 2.45) is 0 Å². The van der Waals surface area contributed by atoms with E-state index in [1.165, 1.54) is 6.33 Å². The lowest BCUT2D eigenvalue weighted by molar-refractivity contribution is 1.22. The zero-order valence-electron chi connectivity index (χ0n) is 10.8. The molecule has 0 bridgehead atoms. The van der Waals surface area contributed by atoms with Gasteiger partial charge in [-0.3, -0.25) is 0 Å². The van der Waals surface area contributed by atoms with E-state index in [1.807, 2.05) is 12.1 Å². The predicted molar refractivity (Wildman–Crippen MR) is 83.4 cm³/mol. The number of anilines is 3. The molecule has 0 aliphatic rings. The Morgan fingerprint density at radius 3 is 2.76 bits per heavy atom. The molecular formula is C15H10ClN5. The molecule has 1 heterocycles. The number of nitrogens with zero attached hydrogens (tertiary/aromatic N) is 3. The van der Waals surface area contributed by atoms with Gasteiger partial charge < -0.3 is 11.1 Å². The van der Waals surface area contributed by atoms with Crippen LogP contribution in [0.1, 0.15) is 5.56 Å². The highest BCUT2D eigenvalue weighted by Crippen LogP contribution is 2.29. The van der Waals surface area contributed by atoms with Gasteiger partial charge in [0.05, 0.1) is 27.9 Å². The second-order valence-electron chi connectivity index (χ2n) is 4.43. The molecule has 0 aliphatic heterocycles. The molecule has 0 spiro atoms. The molecule has 1 aromatic heterocycles. The molecule has 3 rings (SSSR count). The van der Waals surface area contributed by atoms with Crippen molar-refractivity contribution in [1.29, 1.82) is 5.26 Å². The van der Waals surface area contributed by atoms with Crippen LogP contribution < -0.4 is 11.1 Å². The molecule has 2 aromatic carbocycles. The van der Waals surface area contributed by atoms with E-state index in [0.717, 1.165) is 10.9 Å². The van der Waals surface area contributed by atoms with Crippen molar-refractivity contribution in [2.45, 2.75) is 0 Å². The van der Waals surface area contributed by atoms with Gasteiger partial charge in [0, 0.05) is 11.1 Å². The number of aromatic nitrogens is 2. The summed E-state index contributed by atoms with van der Waals surface area (Å²) < 4.78 is 0. The molecule has 0 aliphatic carbocycles. The minimum absolute atomic E-state index is 0.449. The maximum Gasteiger partial charge on any atom is 0.141 e. The van der Waals surface area contributed by atoms with Crippen LogP contribution in [0.15, 0.2) is 42.7 Å². The average molecular weight is 296 g/mol. The molecule has 0 atom stereocenters. The Morgan fingerprint density at radius 2 is 2.00 bits per heavy atom. The first-order valence-corrected chi connectivity index (χ1v) is 6.52. The number of halogens is 1. The van der Waals surface area contributed by atoms with Crippen molar-refractivity contribution >= 4 is 39.7 Å². The van der Waals surface area contributed by atoms with Crippen LogP contribution in [0.25, 0.3) is 10.9 Å². The lowest BCUT2D eigenvalue weighted by Crippen LogP contribution is -1.97. The summed E-state index contributed by atoms with van der Waals surface area (Å²) in [5, 5.41) is 13.2. The first kappa shape index (κ1) is 13.2. The van der Waals surface area contributed by atoms with Crippen LogP contribution in [0.3, 0.4) is 0 Å². The second kappa shape index (κ2) is 5.27. The van der Waals surface area contributed by atoms with Gasteiger partial charge >= 0.3 is 0 Å². The van der Waals surface area contributed by atoms with E-state index < -0.39 is 0 Å². The van der Waals surface area contributed by atoms with E-state index in [4.69, 9.17) is 22.6 Å². The van der Waals surface area contributed by atoms with Crippen molar-refractivity contribution in [1.82, 2.24) is 9.97 Å². The second-order valence-corrected chi connectivity index (χ2v) is 4.84. The topological polar surface area (TPSA) is 87.6 Å². The minimum atomic E-state index is 0.449. The van der Waals surface area contributed by atoms with Gasteiger partial charge in [-0.1, -0.05) is 11.6 Å². The van der Waals surface area contributed by atoms with Gasteiger partial charge in [0.2, 0.25) is 0 Å². The normalized spacial score (nSPS) is 10.3. The summed E-state index contributed by atoms with van der Waals surface area (Å²) in [5.41, 5.74) is 8.39. The summed E-state index contributed by atoms with van der Waals surface area (Å²) in [7, 11) is 0. The first-order chi connectivity index (χ1) is 10.2. The smallest absolute Gasteiger partial charge is 0.141 e. The lowest BCUT2D eigenvalue weighted by atomic mass is 10.2. The Labute approximate surface area is 126 Å². The highest BCUT2D eigenvalue weighted by Gasteiger charge is 2.07. The fraction of sp³-hybridized carbons (Fsp3) is 0. The maximum atomic E-state index is 8.85. The van der Waals surface area contributed by atoms with Gasteiger partial charge in [-0.2, -0.15) is 5.26 Å². The van der Waals surface area contributed by atoms with Crippen molar-refractivity contribution in [2.75, 3.05) is 11.1 Å². The summed E-state index contributed by atoms with van der Waals surface area (Å²) in [5.74, 6) is 0.610. The molecule has 0 radical (unpaired) electrons. The van der Waals surface area contributed by atoms with Crippen LogP contribution in [0.5, 0.6) is 0 Å². The Kier molecular flexibility index (Phi) is 3.30. The van der Waals surface area contributed by atoms with E-state index in [-0.39, 0.29) is 0 Å². The van der Waals surface area contributed by atoms with Crippen molar-refractivity contribution in [3.8, 4) is 6.07 Å². The molecule has 6 heteroatoms. The van der Waals surface area contributed by atoms with Crippen LogP contribution in [0.4, 0.5) is 17.2 Å². The Bertz CT molecular complexity index is 870. The third-order valence-electron chi connectivity index (χ3n) is 3.01. The van der Waals surface area contributed by atoms with Crippen LogP contribution in [0.2, 0.25) is 5.02 Å². The lowest BCUT2D eigenvalue weighted by Gasteiger charge is -2.10. The van der Waals surface area contributed by atoms with Crippen LogP contribution in [-0.2, 0) is 0 Å². The Morgan fingerprint density at radius 1 is 1.14 bits per heavy atom. The molecule has 0 unspecified atom stereocenters. The van der Waals surface area contributed by atoms with Gasteiger partial charge in [-0.15, -0.1) is 0 Å². The molecule has 0 amide bonds. The zero-order chi connectivity index (χ0) is 14.8. The molecule has 102 valence electrons. The van der Waals surface area contributed by atoms with Crippen molar-refractivity contribution < 1.29 is 0 Å². The monoisotopic (exact) mass is 295 g/mol. The number of nitrogens with two attached hydrogens (primary N) is 1. The van der Waals surface area contributed by atoms with Crippen molar-refractivity contribution in [3.63, 3.8) is 0 Å². The summed E-state index contributed by atoms with van der Waals surface area (Å²) >= 11 is 6.16. The fourth-order valence-corrected chi connectivity index (χ4v) is 2.22. The molecule has 0 saturated heterocycles. The number of nitrogen functional groups attached to an aromatic ring is 1. The van der Waals surface area contributed by atoms with E-state index in [1.54, 1.807) is 30.3 Å². The van der Waals surface area contributed by atoms with E-state index in [9.17, 15) is 0 Å². The Hall–Kier alpha value is -2.84. The molecule has 3 aromatic rings. The molecule has 3 N–H and O–H groups in total. The SMILES string of the molecule is N#Cc1ccc(Nc2ncnc3ccc(N)cc23)c(Cl)c1.